The van der Waals surface area contributed by atoms with Crippen LogP contribution in [0.5, 0.6) is 5.75 Å². The van der Waals surface area contributed by atoms with E-state index >= 15 is 0 Å². The van der Waals surface area contributed by atoms with Gasteiger partial charge in [0, 0.05) is 17.2 Å². The van der Waals surface area contributed by atoms with Gasteiger partial charge in [-0.1, -0.05) is 38.1 Å². The zero-order valence-electron chi connectivity index (χ0n) is 17.9. The molecule has 1 saturated heterocycles. The molecule has 1 aliphatic heterocycles. The fraction of sp³-hybridized carbons (Fsp3) is 0.435. The van der Waals surface area contributed by atoms with Gasteiger partial charge >= 0.3 is 5.69 Å². The Morgan fingerprint density at radius 1 is 1.17 bits per heavy atom. The van der Waals surface area contributed by atoms with E-state index in [1.54, 1.807) is 17.9 Å². The zero-order chi connectivity index (χ0) is 21.7. The van der Waals surface area contributed by atoms with Gasteiger partial charge in [-0.2, -0.15) is 0 Å². The van der Waals surface area contributed by atoms with Crippen LogP contribution in [0.3, 0.4) is 0 Å². The summed E-state index contributed by atoms with van der Waals surface area (Å²) in [5, 5.41) is 11.3. The molecule has 2 aromatic rings. The van der Waals surface area contributed by atoms with Gasteiger partial charge in [0.15, 0.2) is 5.75 Å². The van der Waals surface area contributed by atoms with Crippen LogP contribution in [0.15, 0.2) is 42.5 Å². The molecule has 0 bridgehead atoms. The predicted octanol–water partition coefficient (Wildman–Crippen LogP) is 2.66. The van der Waals surface area contributed by atoms with E-state index in [0.29, 0.717) is 31.2 Å². The number of nitrogens with one attached hydrogen (secondary N) is 1. The first-order valence-corrected chi connectivity index (χ1v) is 10.5. The first-order valence-electron chi connectivity index (χ1n) is 10.5. The van der Waals surface area contributed by atoms with Crippen LogP contribution in [0.4, 0.5) is 5.69 Å². The summed E-state index contributed by atoms with van der Waals surface area (Å²) in [7, 11) is 0. The average Bonchev–Trinajstić information content (AvgIpc) is 2.74. The third-order valence-corrected chi connectivity index (χ3v) is 5.56. The molecule has 3 rings (SSSR count). The van der Waals surface area contributed by atoms with Gasteiger partial charge in [0.25, 0.3) is 5.91 Å². The van der Waals surface area contributed by atoms with E-state index in [0.717, 1.165) is 19.6 Å². The lowest BCUT2D eigenvalue weighted by atomic mass is 10.0. The largest absolute Gasteiger partial charge is 0.487 e. The van der Waals surface area contributed by atoms with Crippen LogP contribution in [0, 0.1) is 10.1 Å². The van der Waals surface area contributed by atoms with Crippen molar-refractivity contribution in [2.75, 3.05) is 32.8 Å². The lowest BCUT2D eigenvalue weighted by molar-refractivity contribution is -0.917. The van der Waals surface area contributed by atoms with Crippen molar-refractivity contribution in [1.29, 1.82) is 0 Å². The SMILES string of the molecule is CCOc1ccc(C(=O)N2CC[NH+](Cc3ccc(C(C)C)cc3)CC2)cc1[N+](=O)[O-]. The van der Waals surface area contributed by atoms with E-state index in [9.17, 15) is 14.9 Å². The van der Waals surface area contributed by atoms with E-state index in [1.807, 2.05) is 0 Å². The molecule has 0 spiro atoms. The Labute approximate surface area is 177 Å². The number of nitro benzene ring substituents is 1. The molecule has 1 N–H and O–H groups in total. The molecule has 0 aliphatic carbocycles. The average molecular weight is 413 g/mol. The van der Waals surface area contributed by atoms with E-state index in [2.05, 4.69) is 38.1 Å². The summed E-state index contributed by atoms with van der Waals surface area (Å²) in [5.74, 6) is 0.553. The second-order valence-electron chi connectivity index (χ2n) is 7.99. The Hall–Kier alpha value is -2.93. The molecular formula is C23H30N3O4+. The number of hydrogen-bond acceptors (Lipinski definition) is 4. The zero-order valence-corrected chi connectivity index (χ0v) is 17.9. The Bertz CT molecular complexity index is 888. The number of hydrogen-bond donors (Lipinski definition) is 1. The Kier molecular flexibility index (Phi) is 7.05. The van der Waals surface area contributed by atoms with Crippen molar-refractivity contribution in [3.05, 3.63) is 69.3 Å². The van der Waals surface area contributed by atoms with Crippen molar-refractivity contribution in [2.45, 2.75) is 33.2 Å². The quantitative estimate of drug-likeness (QED) is 0.560. The van der Waals surface area contributed by atoms with Crippen LogP contribution >= 0.6 is 0 Å². The van der Waals surface area contributed by atoms with Gasteiger partial charge in [-0.05, 0) is 30.5 Å². The first kappa shape index (κ1) is 21.8. The van der Waals surface area contributed by atoms with Crippen molar-refractivity contribution < 1.29 is 19.4 Å². The summed E-state index contributed by atoms with van der Waals surface area (Å²) >= 11 is 0. The van der Waals surface area contributed by atoms with Crippen molar-refractivity contribution in [3.8, 4) is 5.75 Å². The van der Waals surface area contributed by atoms with Crippen molar-refractivity contribution in [1.82, 2.24) is 4.90 Å². The summed E-state index contributed by atoms with van der Waals surface area (Å²) < 4.78 is 5.30. The molecular weight excluding hydrogens is 382 g/mol. The van der Waals surface area contributed by atoms with Crippen LogP contribution in [-0.2, 0) is 6.54 Å². The van der Waals surface area contributed by atoms with Crippen molar-refractivity contribution in [3.63, 3.8) is 0 Å². The van der Waals surface area contributed by atoms with Crippen molar-refractivity contribution in [2.24, 2.45) is 0 Å². The number of piperazine rings is 1. The number of nitrogens with zero attached hydrogens (tertiary/aromatic N) is 2. The number of quaternary nitrogens is 1. The molecule has 0 aromatic heterocycles. The third kappa shape index (κ3) is 5.16. The minimum atomic E-state index is -0.506. The highest BCUT2D eigenvalue weighted by atomic mass is 16.6. The maximum atomic E-state index is 12.9. The maximum absolute atomic E-state index is 12.9. The molecule has 7 nitrogen and oxygen atoms in total. The van der Waals surface area contributed by atoms with Gasteiger partial charge in [-0.25, -0.2) is 0 Å². The highest BCUT2D eigenvalue weighted by molar-refractivity contribution is 5.95. The molecule has 160 valence electrons. The highest BCUT2D eigenvalue weighted by Gasteiger charge is 2.26. The fourth-order valence-electron chi connectivity index (χ4n) is 3.77. The van der Waals surface area contributed by atoms with Gasteiger partial charge in [0.1, 0.15) is 6.54 Å². The number of nitro groups is 1. The van der Waals surface area contributed by atoms with Crippen LogP contribution in [0.2, 0.25) is 0 Å². The monoisotopic (exact) mass is 412 g/mol. The molecule has 30 heavy (non-hydrogen) atoms. The molecule has 1 heterocycles. The molecule has 7 heteroatoms. The molecule has 1 fully saturated rings. The number of rotatable bonds is 7. The van der Waals surface area contributed by atoms with Crippen LogP contribution < -0.4 is 9.64 Å². The van der Waals surface area contributed by atoms with Crippen LogP contribution in [0.1, 0.15) is 48.2 Å². The van der Waals surface area contributed by atoms with Crippen LogP contribution in [0.25, 0.3) is 0 Å². The predicted molar refractivity (Wildman–Crippen MR) is 115 cm³/mol. The maximum Gasteiger partial charge on any atom is 0.311 e. The summed E-state index contributed by atoms with van der Waals surface area (Å²) in [6.45, 7) is 10.4. The number of benzene rings is 2. The van der Waals surface area contributed by atoms with E-state index in [4.69, 9.17) is 4.74 Å². The molecule has 1 aliphatic rings. The number of carbonyl (C=O) groups excluding carboxylic acids is 1. The Balaban J connectivity index is 1.60. The third-order valence-electron chi connectivity index (χ3n) is 5.56. The molecule has 0 saturated carbocycles. The minimum Gasteiger partial charge on any atom is -0.487 e. The summed E-state index contributed by atoms with van der Waals surface area (Å²) in [6.07, 6.45) is 0. The second-order valence-corrected chi connectivity index (χ2v) is 7.99. The Morgan fingerprint density at radius 3 is 2.40 bits per heavy atom. The van der Waals surface area contributed by atoms with Gasteiger partial charge in [0.2, 0.25) is 0 Å². The van der Waals surface area contributed by atoms with E-state index < -0.39 is 4.92 Å². The second kappa shape index (κ2) is 9.71. The van der Waals surface area contributed by atoms with Crippen molar-refractivity contribution >= 4 is 11.6 Å². The summed E-state index contributed by atoms with van der Waals surface area (Å²) in [5.41, 5.74) is 2.81. The fourth-order valence-corrected chi connectivity index (χ4v) is 3.77. The standard InChI is InChI=1S/C23H29N3O4/c1-4-30-22-10-9-20(15-21(22)26(28)29)23(27)25-13-11-24(12-14-25)16-18-5-7-19(8-6-18)17(2)3/h5-10,15,17H,4,11-14,16H2,1-3H3/p+1. The van der Waals surface area contributed by atoms with Gasteiger partial charge < -0.3 is 14.5 Å². The first-order chi connectivity index (χ1) is 14.4. The van der Waals surface area contributed by atoms with Crippen LogP contribution in [-0.4, -0.2) is 48.5 Å². The molecule has 1 amide bonds. The van der Waals surface area contributed by atoms with E-state index in [1.165, 1.54) is 28.2 Å². The highest BCUT2D eigenvalue weighted by Crippen LogP contribution is 2.28. The molecule has 0 radical (unpaired) electrons. The smallest absolute Gasteiger partial charge is 0.311 e. The number of amides is 1. The summed E-state index contributed by atoms with van der Waals surface area (Å²) in [6, 6.07) is 13.2. The minimum absolute atomic E-state index is 0.165. The molecule has 0 atom stereocenters. The van der Waals surface area contributed by atoms with Gasteiger partial charge in [-0.3, -0.25) is 14.9 Å². The lowest BCUT2D eigenvalue weighted by Crippen LogP contribution is -3.13. The van der Waals surface area contributed by atoms with E-state index in [-0.39, 0.29) is 17.3 Å². The number of ether oxygens (including phenoxy) is 1. The topological polar surface area (TPSA) is 77.1 Å². The van der Waals surface area contributed by atoms with Gasteiger partial charge in [0.05, 0.1) is 37.7 Å². The summed E-state index contributed by atoms with van der Waals surface area (Å²) in [4.78, 5) is 26.9. The number of carbonyl (C=O) groups is 1. The Morgan fingerprint density at radius 2 is 1.83 bits per heavy atom. The normalized spacial score (nSPS) is 14.7. The molecule has 2 aromatic carbocycles. The molecule has 0 unspecified atom stereocenters. The lowest BCUT2D eigenvalue weighted by Gasteiger charge is -2.32. The van der Waals surface area contributed by atoms with Gasteiger partial charge in [-0.15, -0.1) is 0 Å².